The van der Waals surface area contributed by atoms with Gasteiger partial charge in [0.1, 0.15) is 17.2 Å². The van der Waals surface area contributed by atoms with Crippen LogP contribution in [0, 0.1) is 0 Å². The van der Waals surface area contributed by atoms with Crippen molar-refractivity contribution in [2.45, 2.75) is 40.0 Å². The molecular weight excluding hydrogens is 308 g/mol. The molecule has 0 amide bonds. The number of benzene rings is 1. The van der Waals surface area contributed by atoms with E-state index in [1.807, 2.05) is 26.0 Å². The molecule has 0 radical (unpaired) electrons. The van der Waals surface area contributed by atoms with Gasteiger partial charge in [0.15, 0.2) is 0 Å². The molecule has 24 heavy (non-hydrogen) atoms. The van der Waals surface area contributed by atoms with Crippen LogP contribution in [0.1, 0.15) is 45.6 Å². The second-order valence-electron chi connectivity index (χ2n) is 5.24. The molecule has 1 aromatic carbocycles. The predicted octanol–water partition coefficient (Wildman–Crippen LogP) is 4.24. The number of hydrogen-bond acceptors (Lipinski definition) is 5. The normalized spacial score (nSPS) is 10.7. The smallest absolute Gasteiger partial charge is 0.330 e. The minimum absolute atomic E-state index is 0.427. The summed E-state index contributed by atoms with van der Waals surface area (Å²) >= 11 is 0. The molecule has 0 atom stereocenters. The van der Waals surface area contributed by atoms with E-state index in [0.29, 0.717) is 42.6 Å². The Labute approximate surface area is 144 Å². The third-order valence-electron chi connectivity index (χ3n) is 3.06. The van der Waals surface area contributed by atoms with Crippen molar-refractivity contribution >= 4 is 12.0 Å². The number of carbonyl (C=O) groups excluding carboxylic acids is 1. The van der Waals surface area contributed by atoms with Crippen LogP contribution in [0.2, 0.25) is 0 Å². The highest BCUT2D eigenvalue weighted by atomic mass is 16.5. The van der Waals surface area contributed by atoms with Crippen molar-refractivity contribution in [2.75, 3.05) is 26.9 Å². The molecule has 0 aromatic heterocycles. The molecule has 0 heterocycles. The summed E-state index contributed by atoms with van der Waals surface area (Å²) in [5.41, 5.74) is 0.714. The molecule has 0 saturated heterocycles. The van der Waals surface area contributed by atoms with Gasteiger partial charge >= 0.3 is 5.97 Å². The van der Waals surface area contributed by atoms with Gasteiger partial charge in [0.2, 0.25) is 0 Å². The van der Waals surface area contributed by atoms with Gasteiger partial charge in [0.25, 0.3) is 0 Å². The van der Waals surface area contributed by atoms with Gasteiger partial charge in [-0.25, -0.2) is 4.79 Å². The van der Waals surface area contributed by atoms with E-state index in [-0.39, 0.29) is 0 Å². The Bertz CT molecular complexity index is 508. The van der Waals surface area contributed by atoms with E-state index < -0.39 is 5.97 Å². The lowest BCUT2D eigenvalue weighted by molar-refractivity contribution is -0.134. The van der Waals surface area contributed by atoms with Crippen molar-refractivity contribution in [3.05, 3.63) is 23.8 Å². The lowest BCUT2D eigenvalue weighted by Gasteiger charge is -2.16. The van der Waals surface area contributed by atoms with Crippen LogP contribution in [0.3, 0.4) is 0 Å². The maximum atomic E-state index is 11.4. The summed E-state index contributed by atoms with van der Waals surface area (Å²) in [4.78, 5) is 11.4. The largest absolute Gasteiger partial charge is 0.493 e. The first-order valence-electron chi connectivity index (χ1n) is 8.48. The van der Waals surface area contributed by atoms with Crippen molar-refractivity contribution in [1.29, 1.82) is 0 Å². The SMILES string of the molecule is CCCOc1cc(OCCC)c(C=CC(=O)OC)c(OCCC)c1. The van der Waals surface area contributed by atoms with Crippen LogP contribution in [0.25, 0.3) is 6.08 Å². The molecule has 0 N–H and O–H groups in total. The molecule has 1 rings (SSSR count). The molecule has 0 spiro atoms. The maximum Gasteiger partial charge on any atom is 0.330 e. The molecule has 0 fully saturated rings. The van der Waals surface area contributed by atoms with Crippen LogP contribution >= 0.6 is 0 Å². The Balaban J connectivity index is 3.24. The summed E-state index contributed by atoms with van der Waals surface area (Å²) in [6, 6.07) is 3.67. The zero-order valence-corrected chi connectivity index (χ0v) is 15.1. The van der Waals surface area contributed by atoms with Crippen LogP contribution in [-0.4, -0.2) is 32.9 Å². The number of methoxy groups -OCH3 is 1. The first kappa shape index (κ1) is 19.9. The molecule has 134 valence electrons. The fourth-order valence-corrected chi connectivity index (χ4v) is 1.93. The Morgan fingerprint density at radius 1 is 0.917 bits per heavy atom. The van der Waals surface area contributed by atoms with Gasteiger partial charge in [-0.1, -0.05) is 20.8 Å². The molecule has 5 heteroatoms. The number of carbonyl (C=O) groups is 1. The van der Waals surface area contributed by atoms with Crippen molar-refractivity contribution in [3.8, 4) is 17.2 Å². The summed E-state index contributed by atoms with van der Waals surface area (Å²) in [5, 5.41) is 0. The highest BCUT2D eigenvalue weighted by molar-refractivity contribution is 5.88. The highest BCUT2D eigenvalue weighted by Gasteiger charge is 2.13. The lowest BCUT2D eigenvalue weighted by Crippen LogP contribution is -2.04. The highest BCUT2D eigenvalue weighted by Crippen LogP contribution is 2.36. The van der Waals surface area contributed by atoms with Crippen LogP contribution in [0.15, 0.2) is 18.2 Å². The van der Waals surface area contributed by atoms with Crippen molar-refractivity contribution in [2.24, 2.45) is 0 Å². The van der Waals surface area contributed by atoms with Crippen molar-refractivity contribution in [1.82, 2.24) is 0 Å². The average molecular weight is 336 g/mol. The molecule has 0 unspecified atom stereocenters. The number of esters is 1. The maximum absolute atomic E-state index is 11.4. The van der Waals surface area contributed by atoms with Crippen LogP contribution < -0.4 is 14.2 Å². The van der Waals surface area contributed by atoms with E-state index in [4.69, 9.17) is 14.2 Å². The van der Waals surface area contributed by atoms with E-state index in [0.717, 1.165) is 19.3 Å². The van der Waals surface area contributed by atoms with Gasteiger partial charge in [0.05, 0.1) is 32.5 Å². The molecule has 0 aliphatic rings. The van der Waals surface area contributed by atoms with E-state index in [1.54, 1.807) is 6.08 Å². The molecular formula is C19H28O5. The third kappa shape index (κ3) is 6.52. The van der Waals surface area contributed by atoms with Gasteiger partial charge in [-0.15, -0.1) is 0 Å². The molecule has 0 aliphatic carbocycles. The summed E-state index contributed by atoms with van der Waals surface area (Å²) in [6.45, 7) is 7.90. The van der Waals surface area contributed by atoms with Gasteiger partial charge in [0, 0.05) is 18.2 Å². The average Bonchev–Trinajstić information content (AvgIpc) is 2.61. The first-order valence-corrected chi connectivity index (χ1v) is 8.48. The van der Waals surface area contributed by atoms with Gasteiger partial charge in [-0.05, 0) is 25.3 Å². The first-order chi connectivity index (χ1) is 11.7. The molecule has 5 nitrogen and oxygen atoms in total. The minimum atomic E-state index is -0.427. The monoisotopic (exact) mass is 336 g/mol. The molecule has 0 bridgehead atoms. The molecule has 0 aliphatic heterocycles. The Kier molecular flexibility index (Phi) is 9.42. The van der Waals surface area contributed by atoms with E-state index >= 15 is 0 Å². The van der Waals surface area contributed by atoms with Gasteiger partial charge < -0.3 is 18.9 Å². The van der Waals surface area contributed by atoms with Crippen molar-refractivity contribution < 1.29 is 23.7 Å². The Morgan fingerprint density at radius 3 is 1.88 bits per heavy atom. The summed E-state index contributed by atoms with van der Waals surface area (Å²) < 4.78 is 22.0. The van der Waals surface area contributed by atoms with E-state index in [9.17, 15) is 4.79 Å². The fraction of sp³-hybridized carbons (Fsp3) is 0.526. The number of rotatable bonds is 11. The zero-order valence-electron chi connectivity index (χ0n) is 15.1. The topological polar surface area (TPSA) is 54.0 Å². The second kappa shape index (κ2) is 11.4. The minimum Gasteiger partial charge on any atom is -0.493 e. The quantitative estimate of drug-likeness (QED) is 0.447. The summed E-state index contributed by atoms with van der Waals surface area (Å²) in [5.74, 6) is 1.54. The molecule has 1 aromatic rings. The zero-order chi connectivity index (χ0) is 17.8. The summed E-state index contributed by atoms with van der Waals surface area (Å²) in [6.07, 6.45) is 5.70. The van der Waals surface area contributed by atoms with Crippen LogP contribution in [0.5, 0.6) is 17.2 Å². The third-order valence-corrected chi connectivity index (χ3v) is 3.06. The van der Waals surface area contributed by atoms with E-state index in [2.05, 4.69) is 11.7 Å². The predicted molar refractivity (Wildman–Crippen MR) is 94.9 cm³/mol. The van der Waals surface area contributed by atoms with Gasteiger partial charge in [-0.3, -0.25) is 0 Å². The number of ether oxygens (including phenoxy) is 4. The van der Waals surface area contributed by atoms with Crippen LogP contribution in [-0.2, 0) is 9.53 Å². The fourth-order valence-electron chi connectivity index (χ4n) is 1.93. The van der Waals surface area contributed by atoms with Crippen molar-refractivity contribution in [3.63, 3.8) is 0 Å². The second-order valence-corrected chi connectivity index (χ2v) is 5.24. The number of hydrogen-bond donors (Lipinski definition) is 0. The summed E-state index contributed by atoms with van der Waals surface area (Å²) in [7, 11) is 1.34. The molecule has 0 saturated carbocycles. The van der Waals surface area contributed by atoms with E-state index in [1.165, 1.54) is 13.2 Å². The Hall–Kier alpha value is -2.17. The standard InChI is InChI=1S/C19H28O5/c1-5-10-22-15-13-17(23-11-6-2)16(8-9-19(20)21-4)18(14-15)24-12-7-3/h8-9,13-14H,5-7,10-12H2,1-4H3. The Morgan fingerprint density at radius 2 is 1.42 bits per heavy atom. The lowest BCUT2D eigenvalue weighted by atomic mass is 10.1. The van der Waals surface area contributed by atoms with Crippen LogP contribution in [0.4, 0.5) is 0 Å². The van der Waals surface area contributed by atoms with Gasteiger partial charge in [-0.2, -0.15) is 0 Å².